The van der Waals surface area contributed by atoms with Gasteiger partial charge in [0.05, 0.1) is 32.4 Å². The highest BCUT2D eigenvalue weighted by Crippen LogP contribution is 2.41. The van der Waals surface area contributed by atoms with Crippen LogP contribution in [0.25, 0.3) is 11.1 Å². The minimum Gasteiger partial charge on any atom is -0.378 e. The van der Waals surface area contributed by atoms with Crippen molar-refractivity contribution in [1.82, 2.24) is 5.01 Å². The van der Waals surface area contributed by atoms with Crippen molar-refractivity contribution < 1.29 is 4.90 Å². The van der Waals surface area contributed by atoms with Gasteiger partial charge in [0.1, 0.15) is 6.04 Å². The van der Waals surface area contributed by atoms with E-state index in [0.29, 0.717) is 6.04 Å². The van der Waals surface area contributed by atoms with Crippen LogP contribution in [-0.2, 0) is 0 Å². The molecule has 1 fully saturated rings. The van der Waals surface area contributed by atoms with E-state index in [9.17, 15) is 0 Å². The predicted molar refractivity (Wildman–Crippen MR) is 124 cm³/mol. The van der Waals surface area contributed by atoms with Gasteiger partial charge in [-0.1, -0.05) is 60.7 Å². The molecule has 152 valence electrons. The topological polar surface area (TPSA) is 23.3 Å². The number of quaternary nitrogens is 1. The first-order valence-corrected chi connectivity index (χ1v) is 10.8. The van der Waals surface area contributed by atoms with Crippen LogP contribution in [0, 0.1) is 0 Å². The highest BCUT2D eigenvalue weighted by Gasteiger charge is 2.37. The molecule has 1 N–H and O–H groups in total. The van der Waals surface area contributed by atoms with E-state index < -0.39 is 0 Å². The molecule has 1 saturated heterocycles. The first-order valence-electron chi connectivity index (χ1n) is 10.8. The number of piperazine rings is 1. The van der Waals surface area contributed by atoms with E-state index in [2.05, 4.69) is 96.8 Å². The third-order valence-corrected chi connectivity index (χ3v) is 6.40. The van der Waals surface area contributed by atoms with Crippen LogP contribution < -0.4 is 9.80 Å². The molecular formula is C26H29N4+. The Kier molecular flexibility index (Phi) is 5.01. The lowest BCUT2D eigenvalue weighted by atomic mass is 10.0. The molecule has 0 atom stereocenters. The van der Waals surface area contributed by atoms with Gasteiger partial charge in [-0.05, 0) is 28.8 Å². The Labute approximate surface area is 179 Å². The lowest BCUT2D eigenvalue weighted by Gasteiger charge is -2.34. The number of hydrogen-bond donors (Lipinski definition) is 1. The molecule has 1 aliphatic heterocycles. The Morgan fingerprint density at radius 1 is 0.833 bits per heavy atom. The fraction of sp³-hybridized carbons (Fsp3) is 0.269. The van der Waals surface area contributed by atoms with Crippen LogP contribution in [-0.4, -0.2) is 51.5 Å². The third kappa shape index (κ3) is 3.48. The van der Waals surface area contributed by atoms with Crippen molar-refractivity contribution in [2.24, 2.45) is 5.10 Å². The molecular weight excluding hydrogens is 368 g/mol. The summed E-state index contributed by atoms with van der Waals surface area (Å²) < 4.78 is 0. The molecule has 0 radical (unpaired) electrons. The predicted octanol–water partition coefficient (Wildman–Crippen LogP) is 3.06. The van der Waals surface area contributed by atoms with Crippen LogP contribution in [0.2, 0.25) is 0 Å². The summed E-state index contributed by atoms with van der Waals surface area (Å²) in [6.07, 6.45) is 1.99. The van der Waals surface area contributed by atoms with Crippen LogP contribution in [0.1, 0.15) is 22.7 Å². The largest absolute Gasteiger partial charge is 0.378 e. The first-order chi connectivity index (χ1) is 14.7. The summed E-state index contributed by atoms with van der Waals surface area (Å²) >= 11 is 0. The van der Waals surface area contributed by atoms with Crippen LogP contribution in [0.5, 0.6) is 0 Å². The summed E-state index contributed by atoms with van der Waals surface area (Å²) in [5, 5.41) is 6.98. The number of hydrazone groups is 1. The molecule has 1 aliphatic carbocycles. The highest BCUT2D eigenvalue weighted by molar-refractivity contribution is 5.80. The minimum atomic E-state index is 0.446. The summed E-state index contributed by atoms with van der Waals surface area (Å²) in [5.74, 6) is 0. The molecule has 3 aromatic rings. The van der Waals surface area contributed by atoms with E-state index in [1.165, 1.54) is 27.9 Å². The van der Waals surface area contributed by atoms with Crippen LogP contribution >= 0.6 is 0 Å². The van der Waals surface area contributed by atoms with E-state index >= 15 is 0 Å². The van der Waals surface area contributed by atoms with Crippen molar-refractivity contribution in [3.63, 3.8) is 0 Å². The van der Waals surface area contributed by atoms with E-state index in [-0.39, 0.29) is 0 Å². The lowest BCUT2D eigenvalue weighted by molar-refractivity contribution is -0.929. The molecule has 30 heavy (non-hydrogen) atoms. The van der Waals surface area contributed by atoms with Gasteiger partial charge in [-0.25, -0.2) is 0 Å². The second kappa shape index (κ2) is 7.96. The molecule has 1 heterocycles. The van der Waals surface area contributed by atoms with Gasteiger partial charge in [-0.2, -0.15) is 5.10 Å². The quantitative estimate of drug-likeness (QED) is 0.684. The molecule has 0 spiro atoms. The van der Waals surface area contributed by atoms with Crippen LogP contribution in [0.4, 0.5) is 5.69 Å². The molecule has 5 rings (SSSR count). The second-order valence-corrected chi connectivity index (χ2v) is 8.45. The summed E-state index contributed by atoms with van der Waals surface area (Å²) in [4.78, 5) is 3.76. The third-order valence-electron chi connectivity index (χ3n) is 6.40. The standard InChI is InChI=1S/C26H28N4/c1-28(2)21-13-11-20(12-14-21)19-27-30-17-15-29(16-18-30)26-24-9-5-3-7-22(24)23-8-4-6-10-25(23)26/h3-14,19,26H,15-18H2,1-2H3/p+1/b27-19+. The Bertz CT molecular complexity index is 1000. The van der Waals surface area contributed by atoms with Crippen molar-refractivity contribution in [3.05, 3.63) is 89.5 Å². The zero-order valence-corrected chi connectivity index (χ0v) is 17.8. The fourth-order valence-electron chi connectivity index (χ4n) is 4.79. The van der Waals surface area contributed by atoms with Gasteiger partial charge in [0, 0.05) is 30.9 Å². The molecule has 0 amide bonds. The Morgan fingerprint density at radius 2 is 1.40 bits per heavy atom. The number of hydrogen-bond acceptors (Lipinski definition) is 3. The fourth-order valence-corrected chi connectivity index (χ4v) is 4.79. The zero-order valence-electron chi connectivity index (χ0n) is 17.8. The minimum absolute atomic E-state index is 0.446. The summed E-state index contributed by atoms with van der Waals surface area (Å²) in [6.45, 7) is 4.18. The van der Waals surface area contributed by atoms with Gasteiger partial charge in [-0.15, -0.1) is 0 Å². The first kappa shape index (κ1) is 18.9. The monoisotopic (exact) mass is 397 g/mol. The Balaban J connectivity index is 1.27. The van der Waals surface area contributed by atoms with E-state index in [1.807, 2.05) is 6.21 Å². The van der Waals surface area contributed by atoms with Crippen LogP contribution in [0.3, 0.4) is 0 Å². The average molecular weight is 398 g/mol. The smallest absolute Gasteiger partial charge is 0.140 e. The van der Waals surface area contributed by atoms with Gasteiger partial charge in [0.25, 0.3) is 0 Å². The van der Waals surface area contributed by atoms with Crippen LogP contribution in [0.15, 0.2) is 77.9 Å². The molecule has 0 bridgehead atoms. The van der Waals surface area contributed by atoms with Gasteiger partial charge < -0.3 is 9.80 Å². The van der Waals surface area contributed by atoms with Crippen molar-refractivity contribution in [2.45, 2.75) is 6.04 Å². The number of rotatable bonds is 4. The van der Waals surface area contributed by atoms with E-state index in [0.717, 1.165) is 31.7 Å². The Morgan fingerprint density at radius 3 is 1.97 bits per heavy atom. The van der Waals surface area contributed by atoms with Crippen molar-refractivity contribution >= 4 is 11.9 Å². The number of nitrogens with zero attached hydrogens (tertiary/aromatic N) is 3. The Hall–Kier alpha value is -3.11. The molecule has 4 heteroatoms. The lowest BCUT2D eigenvalue weighted by Crippen LogP contribution is -3.14. The van der Waals surface area contributed by atoms with Gasteiger partial charge in [-0.3, -0.25) is 5.01 Å². The number of benzene rings is 3. The maximum absolute atomic E-state index is 4.76. The van der Waals surface area contributed by atoms with Gasteiger partial charge in [0.2, 0.25) is 0 Å². The van der Waals surface area contributed by atoms with Gasteiger partial charge >= 0.3 is 0 Å². The zero-order chi connectivity index (χ0) is 20.5. The normalized spacial score (nSPS) is 16.7. The van der Waals surface area contributed by atoms with Crippen molar-refractivity contribution in [1.29, 1.82) is 0 Å². The summed E-state index contributed by atoms with van der Waals surface area (Å²) in [6, 6.07) is 26.8. The SMILES string of the molecule is CN(C)c1ccc(/C=N/N2CC[NH+](C3c4ccccc4-c4ccccc43)CC2)cc1. The van der Waals surface area contributed by atoms with E-state index in [4.69, 9.17) is 5.10 Å². The van der Waals surface area contributed by atoms with Crippen molar-refractivity contribution in [3.8, 4) is 11.1 Å². The van der Waals surface area contributed by atoms with E-state index in [1.54, 1.807) is 4.90 Å². The molecule has 3 aromatic carbocycles. The molecule has 2 aliphatic rings. The number of nitrogens with one attached hydrogen (secondary N) is 1. The second-order valence-electron chi connectivity index (χ2n) is 8.45. The maximum Gasteiger partial charge on any atom is 0.140 e. The maximum atomic E-state index is 4.76. The highest BCUT2D eigenvalue weighted by atomic mass is 15.5. The summed E-state index contributed by atoms with van der Waals surface area (Å²) in [7, 11) is 4.12. The molecule has 0 saturated carbocycles. The van der Waals surface area contributed by atoms with Gasteiger partial charge in [0.15, 0.2) is 0 Å². The molecule has 0 aromatic heterocycles. The average Bonchev–Trinajstić information content (AvgIpc) is 3.13. The molecule has 4 nitrogen and oxygen atoms in total. The number of anilines is 1. The molecule has 0 unspecified atom stereocenters. The number of fused-ring (bicyclic) bond motifs is 3. The summed E-state index contributed by atoms with van der Waals surface area (Å²) in [5.41, 5.74) is 8.13. The van der Waals surface area contributed by atoms with Crippen molar-refractivity contribution in [2.75, 3.05) is 45.2 Å².